The van der Waals surface area contributed by atoms with Crippen LogP contribution in [-0.4, -0.2) is 18.7 Å². The summed E-state index contributed by atoms with van der Waals surface area (Å²) in [4.78, 5) is 0. The van der Waals surface area contributed by atoms with Gasteiger partial charge in [-0.2, -0.15) is 0 Å². The maximum absolute atomic E-state index is 9.92. The predicted octanol–water partition coefficient (Wildman–Crippen LogP) is -2.32. The van der Waals surface area contributed by atoms with Gasteiger partial charge in [0.15, 0.2) is 0 Å². The standard InChI is InChI=1S/C4H7ClO3S.Na/c1-2-4(5)3-9(6,7)8;/h2H,3H2,1H3,(H,6,7,8);/q;+1/p-1. The molecule has 3 nitrogen and oxygen atoms in total. The molecule has 0 bridgehead atoms. The van der Waals surface area contributed by atoms with Gasteiger partial charge in [-0.1, -0.05) is 17.7 Å². The van der Waals surface area contributed by atoms with Crippen LogP contribution < -0.4 is 29.6 Å². The average molecular weight is 193 g/mol. The topological polar surface area (TPSA) is 57.2 Å². The Labute approximate surface area is 87.5 Å². The van der Waals surface area contributed by atoms with E-state index >= 15 is 0 Å². The summed E-state index contributed by atoms with van der Waals surface area (Å²) in [5, 5.41) is 0.0602. The van der Waals surface area contributed by atoms with Gasteiger partial charge < -0.3 is 4.55 Å². The minimum Gasteiger partial charge on any atom is -0.748 e. The second-order valence-electron chi connectivity index (χ2n) is 1.44. The van der Waals surface area contributed by atoms with Gasteiger partial charge in [-0.3, -0.25) is 0 Å². The van der Waals surface area contributed by atoms with Crippen LogP contribution in [0.15, 0.2) is 11.1 Å². The first-order valence-electron chi connectivity index (χ1n) is 2.20. The Morgan fingerprint density at radius 1 is 1.70 bits per heavy atom. The molecule has 0 fully saturated rings. The first-order valence-corrected chi connectivity index (χ1v) is 4.15. The second-order valence-corrected chi connectivity index (χ2v) is 3.33. The first-order chi connectivity index (χ1) is 3.95. The molecule has 0 saturated heterocycles. The molecule has 0 aromatic heterocycles. The van der Waals surface area contributed by atoms with Gasteiger partial charge in [0, 0.05) is 5.03 Å². The van der Waals surface area contributed by atoms with E-state index in [9.17, 15) is 13.0 Å². The van der Waals surface area contributed by atoms with E-state index in [-0.39, 0.29) is 34.6 Å². The van der Waals surface area contributed by atoms with Crippen molar-refractivity contribution in [3.05, 3.63) is 11.1 Å². The fourth-order valence-electron chi connectivity index (χ4n) is 0.252. The van der Waals surface area contributed by atoms with Crippen LogP contribution in [0.1, 0.15) is 6.92 Å². The van der Waals surface area contributed by atoms with Crippen molar-refractivity contribution in [1.29, 1.82) is 0 Å². The van der Waals surface area contributed by atoms with Crippen molar-refractivity contribution in [1.82, 2.24) is 0 Å². The van der Waals surface area contributed by atoms with Crippen LogP contribution in [0.4, 0.5) is 0 Å². The number of hydrogen-bond donors (Lipinski definition) is 0. The summed E-state index contributed by atoms with van der Waals surface area (Å²) in [6.07, 6.45) is 1.37. The van der Waals surface area contributed by atoms with Crippen LogP contribution in [0.3, 0.4) is 0 Å². The molecule has 0 amide bonds. The van der Waals surface area contributed by atoms with Crippen molar-refractivity contribution in [2.24, 2.45) is 0 Å². The van der Waals surface area contributed by atoms with E-state index in [1.807, 2.05) is 0 Å². The van der Waals surface area contributed by atoms with Gasteiger partial charge in [-0.15, -0.1) is 0 Å². The third-order valence-corrected chi connectivity index (χ3v) is 1.80. The van der Waals surface area contributed by atoms with Crippen molar-refractivity contribution in [3.63, 3.8) is 0 Å². The Kier molecular flexibility index (Phi) is 7.54. The Morgan fingerprint density at radius 3 is 2.20 bits per heavy atom. The van der Waals surface area contributed by atoms with Crippen LogP contribution in [0.5, 0.6) is 0 Å². The zero-order valence-electron chi connectivity index (χ0n) is 5.80. The van der Waals surface area contributed by atoms with Gasteiger partial charge in [0.05, 0.1) is 15.9 Å². The van der Waals surface area contributed by atoms with E-state index in [2.05, 4.69) is 0 Å². The fraction of sp³-hybridized carbons (Fsp3) is 0.500. The van der Waals surface area contributed by atoms with Crippen molar-refractivity contribution in [2.45, 2.75) is 6.92 Å². The van der Waals surface area contributed by atoms with Gasteiger partial charge in [-0.05, 0) is 6.92 Å². The molecule has 0 aliphatic heterocycles. The number of hydrogen-bond acceptors (Lipinski definition) is 3. The molecule has 0 heterocycles. The molecule has 0 aromatic rings. The van der Waals surface area contributed by atoms with Crippen LogP contribution in [0.25, 0.3) is 0 Å². The SMILES string of the molecule is CC=C(Cl)CS(=O)(=O)[O-].[Na+]. The summed E-state index contributed by atoms with van der Waals surface area (Å²) in [6, 6.07) is 0. The number of halogens is 1. The molecule has 0 aliphatic carbocycles. The predicted molar refractivity (Wildman–Crippen MR) is 34.2 cm³/mol. The van der Waals surface area contributed by atoms with E-state index in [4.69, 9.17) is 11.6 Å². The molecule has 0 atom stereocenters. The normalized spacial score (nSPS) is 12.5. The summed E-state index contributed by atoms with van der Waals surface area (Å²) in [5.74, 6) is -0.606. The summed E-state index contributed by atoms with van der Waals surface area (Å²) in [6.45, 7) is 1.56. The first kappa shape index (κ1) is 13.5. The van der Waals surface area contributed by atoms with E-state index < -0.39 is 15.9 Å². The van der Waals surface area contributed by atoms with E-state index in [1.165, 1.54) is 6.08 Å². The summed E-state index contributed by atoms with van der Waals surface area (Å²) in [5.41, 5.74) is 0. The Hall–Kier alpha value is 0.940. The van der Waals surface area contributed by atoms with Crippen molar-refractivity contribution >= 4 is 21.7 Å². The maximum atomic E-state index is 9.92. The zero-order valence-corrected chi connectivity index (χ0v) is 9.37. The smallest absolute Gasteiger partial charge is 0.748 e. The Balaban J connectivity index is 0. The summed E-state index contributed by atoms with van der Waals surface area (Å²) >= 11 is 5.23. The molecular formula is C4H6ClNaO3S. The van der Waals surface area contributed by atoms with Crippen LogP contribution in [-0.2, 0) is 10.1 Å². The second kappa shape index (κ2) is 5.57. The molecule has 0 rings (SSSR count). The van der Waals surface area contributed by atoms with Crippen molar-refractivity contribution in [3.8, 4) is 0 Å². The maximum Gasteiger partial charge on any atom is 1.00 e. The van der Waals surface area contributed by atoms with Gasteiger partial charge in [-0.25, -0.2) is 8.42 Å². The van der Waals surface area contributed by atoms with Crippen molar-refractivity contribution < 1.29 is 42.5 Å². The molecule has 0 aliphatic rings. The summed E-state index contributed by atoms with van der Waals surface area (Å²) in [7, 11) is -4.19. The average Bonchev–Trinajstić information content (AvgIpc) is 1.62. The van der Waals surface area contributed by atoms with E-state index in [1.54, 1.807) is 6.92 Å². The summed E-state index contributed by atoms with van der Waals surface area (Å²) < 4.78 is 29.8. The van der Waals surface area contributed by atoms with E-state index in [0.29, 0.717) is 0 Å². The Bertz CT molecular complexity index is 209. The molecule has 0 saturated carbocycles. The minimum atomic E-state index is -4.19. The Morgan fingerprint density at radius 2 is 2.10 bits per heavy atom. The fourth-order valence-corrected chi connectivity index (χ4v) is 1.16. The van der Waals surface area contributed by atoms with Crippen LogP contribution in [0.2, 0.25) is 0 Å². The molecule has 0 N–H and O–H groups in total. The molecule has 54 valence electrons. The van der Waals surface area contributed by atoms with Crippen LogP contribution >= 0.6 is 11.6 Å². The zero-order chi connectivity index (χ0) is 7.49. The minimum absolute atomic E-state index is 0. The monoisotopic (exact) mass is 192 g/mol. The molecule has 0 unspecified atom stereocenters. The quantitative estimate of drug-likeness (QED) is 0.365. The van der Waals surface area contributed by atoms with Gasteiger partial charge in [0.1, 0.15) is 0 Å². The number of rotatable bonds is 2. The van der Waals surface area contributed by atoms with Gasteiger partial charge in [0.2, 0.25) is 0 Å². The number of allylic oxidation sites excluding steroid dienone is 1. The molecule has 10 heavy (non-hydrogen) atoms. The van der Waals surface area contributed by atoms with Crippen molar-refractivity contribution in [2.75, 3.05) is 5.75 Å². The van der Waals surface area contributed by atoms with Gasteiger partial charge >= 0.3 is 29.6 Å². The van der Waals surface area contributed by atoms with Crippen LogP contribution in [0, 0.1) is 0 Å². The van der Waals surface area contributed by atoms with Gasteiger partial charge in [0.25, 0.3) is 0 Å². The van der Waals surface area contributed by atoms with E-state index in [0.717, 1.165) is 0 Å². The molecular weight excluding hydrogens is 187 g/mol. The third-order valence-electron chi connectivity index (χ3n) is 0.628. The molecule has 0 spiro atoms. The largest absolute Gasteiger partial charge is 1.00 e. The molecule has 0 radical (unpaired) electrons. The molecule has 0 aromatic carbocycles. The molecule has 6 heteroatoms. The third kappa shape index (κ3) is 8.94.